The Bertz CT molecular complexity index is 646. The van der Waals surface area contributed by atoms with Crippen LogP contribution in [0, 0.1) is 0 Å². The zero-order chi connectivity index (χ0) is 24.0. The van der Waals surface area contributed by atoms with Crippen LogP contribution >= 0.6 is 24.4 Å². The minimum atomic E-state index is -1.26. The van der Waals surface area contributed by atoms with Gasteiger partial charge in [-0.05, 0) is 38.2 Å². The molecule has 31 heavy (non-hydrogen) atoms. The van der Waals surface area contributed by atoms with E-state index in [2.05, 4.69) is 33.6 Å². The van der Waals surface area contributed by atoms with Gasteiger partial charge in [0.25, 0.3) is 0 Å². The molecule has 4 atom stereocenters. The quantitative estimate of drug-likeness (QED) is 0.0543. The summed E-state index contributed by atoms with van der Waals surface area (Å²) in [5, 5.41) is 16.5. The first-order valence-corrected chi connectivity index (χ1v) is 11.6. The number of carbonyl (C=O) groups is 4. The molecule has 0 aliphatic rings. The lowest BCUT2D eigenvalue weighted by molar-refractivity contribution is -0.141. The van der Waals surface area contributed by atoms with Gasteiger partial charge in [0.05, 0.1) is 6.04 Å². The van der Waals surface area contributed by atoms with Crippen molar-refractivity contribution in [2.24, 2.45) is 22.2 Å². The molecule has 0 aliphatic heterocycles. The number of hydrogen-bond donors (Lipinski definition) is 8. The van der Waals surface area contributed by atoms with Gasteiger partial charge in [-0.25, -0.2) is 4.79 Å². The van der Waals surface area contributed by atoms with Gasteiger partial charge in [-0.2, -0.15) is 24.4 Å². The Hall–Kier alpha value is -2.19. The van der Waals surface area contributed by atoms with Crippen LogP contribution in [0.1, 0.15) is 26.2 Å². The Kier molecular flexibility index (Phi) is 14.5. The van der Waals surface area contributed by atoms with Crippen molar-refractivity contribution >= 4 is 54.0 Å². The largest absolute Gasteiger partial charge is 0.480 e. The van der Waals surface area contributed by atoms with E-state index in [1.165, 1.54) is 6.92 Å². The molecule has 0 saturated heterocycles. The van der Waals surface area contributed by atoms with Crippen molar-refractivity contribution in [1.82, 2.24) is 16.0 Å². The number of thiol groups is 1. The highest BCUT2D eigenvalue weighted by Crippen LogP contribution is 2.03. The molecule has 0 aromatic carbocycles. The number of aliphatic carboxylic acids is 1. The Labute approximate surface area is 191 Å². The maximum atomic E-state index is 12.5. The van der Waals surface area contributed by atoms with E-state index in [0.717, 1.165) is 0 Å². The number of aliphatic imine (C=N–C) groups is 1. The Morgan fingerprint density at radius 3 is 2.16 bits per heavy atom. The molecular weight excluding hydrogens is 446 g/mol. The van der Waals surface area contributed by atoms with Gasteiger partial charge in [-0.1, -0.05) is 0 Å². The zero-order valence-electron chi connectivity index (χ0n) is 17.7. The summed E-state index contributed by atoms with van der Waals surface area (Å²) in [6, 6.07) is -4.00. The number of nitrogens with two attached hydrogens (primary N) is 3. The molecule has 0 rings (SSSR count). The van der Waals surface area contributed by atoms with Gasteiger partial charge >= 0.3 is 5.97 Å². The third-order valence-electron chi connectivity index (χ3n) is 4.10. The van der Waals surface area contributed by atoms with Gasteiger partial charge in [-0.3, -0.25) is 19.4 Å². The molecule has 4 unspecified atom stereocenters. The molecule has 178 valence electrons. The van der Waals surface area contributed by atoms with Gasteiger partial charge in [0.1, 0.15) is 18.1 Å². The number of nitrogens with one attached hydrogen (secondary N) is 3. The maximum absolute atomic E-state index is 12.5. The van der Waals surface area contributed by atoms with Crippen LogP contribution in [0.5, 0.6) is 0 Å². The first kappa shape index (κ1) is 28.8. The fourth-order valence-corrected chi connectivity index (χ4v) is 3.03. The predicted molar refractivity (Wildman–Crippen MR) is 124 cm³/mol. The van der Waals surface area contributed by atoms with Crippen molar-refractivity contribution in [3.8, 4) is 0 Å². The lowest BCUT2D eigenvalue weighted by Gasteiger charge is -2.23. The topological polar surface area (TPSA) is 215 Å². The molecule has 12 nitrogen and oxygen atoms in total. The predicted octanol–water partition coefficient (Wildman–Crippen LogP) is -2.39. The van der Waals surface area contributed by atoms with Crippen molar-refractivity contribution in [1.29, 1.82) is 0 Å². The normalized spacial score (nSPS) is 14.5. The summed E-state index contributed by atoms with van der Waals surface area (Å²) in [5.74, 6) is -2.60. The molecule has 14 heteroatoms. The van der Waals surface area contributed by atoms with Crippen LogP contribution in [0.4, 0.5) is 0 Å². The van der Waals surface area contributed by atoms with Crippen LogP contribution in [0.2, 0.25) is 0 Å². The van der Waals surface area contributed by atoms with E-state index in [-0.39, 0.29) is 24.7 Å². The summed E-state index contributed by atoms with van der Waals surface area (Å²) in [5.41, 5.74) is 16.3. The molecule has 0 fully saturated rings. The maximum Gasteiger partial charge on any atom is 0.327 e. The monoisotopic (exact) mass is 479 g/mol. The standard InChI is InChI=1S/C17H33N7O5S2/c1-9(22-14(26)10(18)5-7-31-2)13(25)23-11(4-3-6-21-17(19)20)15(27)24-12(8-30)16(28)29/h9-12,30H,3-8,18H2,1-2H3,(H,22,26)(H,23,25)(H,24,27)(H,28,29)(H4,19,20,21). The van der Waals surface area contributed by atoms with E-state index in [4.69, 9.17) is 22.3 Å². The Morgan fingerprint density at radius 1 is 1.03 bits per heavy atom. The van der Waals surface area contributed by atoms with Crippen LogP contribution in [0.3, 0.4) is 0 Å². The SMILES string of the molecule is CSCCC(N)C(=O)NC(C)C(=O)NC(CCCN=C(N)N)C(=O)NC(CS)C(=O)O. The molecule has 0 radical (unpaired) electrons. The Balaban J connectivity index is 5.06. The zero-order valence-corrected chi connectivity index (χ0v) is 19.4. The number of carboxylic acids is 1. The molecule has 0 bridgehead atoms. The smallest absolute Gasteiger partial charge is 0.327 e. The fraction of sp³-hybridized carbons (Fsp3) is 0.706. The minimum Gasteiger partial charge on any atom is -0.480 e. The minimum absolute atomic E-state index is 0.111. The average Bonchev–Trinajstić information content (AvgIpc) is 2.71. The number of amides is 3. The third-order valence-corrected chi connectivity index (χ3v) is 5.11. The van der Waals surface area contributed by atoms with Crippen LogP contribution < -0.4 is 33.2 Å². The lowest BCUT2D eigenvalue weighted by atomic mass is 10.1. The number of hydrogen-bond acceptors (Lipinski definition) is 8. The molecule has 10 N–H and O–H groups in total. The highest BCUT2D eigenvalue weighted by molar-refractivity contribution is 7.98. The number of thioether (sulfide) groups is 1. The first-order chi connectivity index (χ1) is 14.5. The number of carboxylic acid groups (broad SMARTS) is 1. The number of rotatable bonds is 15. The van der Waals surface area contributed by atoms with E-state index in [0.29, 0.717) is 18.6 Å². The van der Waals surface area contributed by atoms with Gasteiger partial charge in [-0.15, -0.1) is 0 Å². The lowest BCUT2D eigenvalue weighted by Crippen LogP contribution is -2.56. The average molecular weight is 480 g/mol. The molecular formula is C17H33N7O5S2. The second-order valence-corrected chi connectivity index (χ2v) is 8.06. The highest BCUT2D eigenvalue weighted by Gasteiger charge is 2.28. The molecule has 0 aromatic rings. The van der Waals surface area contributed by atoms with Crippen molar-refractivity contribution in [2.45, 2.75) is 50.4 Å². The number of guanidine groups is 1. The van der Waals surface area contributed by atoms with Crippen LogP contribution in [-0.4, -0.2) is 83.2 Å². The molecule has 0 heterocycles. The summed E-state index contributed by atoms with van der Waals surface area (Å²) < 4.78 is 0. The van der Waals surface area contributed by atoms with Crippen molar-refractivity contribution in [2.75, 3.05) is 24.3 Å². The van der Waals surface area contributed by atoms with E-state index >= 15 is 0 Å². The van der Waals surface area contributed by atoms with Gasteiger partial charge < -0.3 is 38.3 Å². The second kappa shape index (κ2) is 15.6. The molecule has 0 aliphatic carbocycles. The number of carbonyl (C=O) groups excluding carboxylic acids is 3. The molecule has 0 aromatic heterocycles. The summed E-state index contributed by atoms with van der Waals surface area (Å²) >= 11 is 5.45. The second-order valence-electron chi connectivity index (χ2n) is 6.71. The van der Waals surface area contributed by atoms with Crippen molar-refractivity contribution < 1.29 is 24.3 Å². The van der Waals surface area contributed by atoms with Gasteiger partial charge in [0.15, 0.2) is 5.96 Å². The van der Waals surface area contributed by atoms with Crippen LogP contribution in [-0.2, 0) is 19.2 Å². The fourth-order valence-electron chi connectivity index (χ4n) is 2.29. The first-order valence-electron chi connectivity index (χ1n) is 9.58. The van der Waals surface area contributed by atoms with E-state index < -0.39 is 47.9 Å². The molecule has 3 amide bonds. The highest BCUT2D eigenvalue weighted by atomic mass is 32.2. The third kappa shape index (κ3) is 12.3. The van der Waals surface area contributed by atoms with Gasteiger partial charge in [0.2, 0.25) is 17.7 Å². The van der Waals surface area contributed by atoms with E-state index in [1.807, 2.05) is 6.26 Å². The molecule has 0 saturated carbocycles. The molecule has 0 spiro atoms. The summed E-state index contributed by atoms with van der Waals surface area (Å²) in [4.78, 5) is 52.1. The van der Waals surface area contributed by atoms with Crippen molar-refractivity contribution in [3.05, 3.63) is 0 Å². The van der Waals surface area contributed by atoms with Crippen molar-refractivity contribution in [3.63, 3.8) is 0 Å². The summed E-state index contributed by atoms with van der Waals surface area (Å²) in [7, 11) is 0. The summed E-state index contributed by atoms with van der Waals surface area (Å²) in [6.07, 6.45) is 2.83. The summed E-state index contributed by atoms with van der Waals surface area (Å²) in [6.45, 7) is 1.67. The van der Waals surface area contributed by atoms with Crippen LogP contribution in [0.25, 0.3) is 0 Å². The number of nitrogens with zero attached hydrogens (tertiary/aromatic N) is 1. The van der Waals surface area contributed by atoms with E-state index in [9.17, 15) is 19.2 Å². The van der Waals surface area contributed by atoms with E-state index in [1.54, 1.807) is 11.8 Å². The Morgan fingerprint density at radius 2 is 1.65 bits per heavy atom. The van der Waals surface area contributed by atoms with Gasteiger partial charge in [0, 0.05) is 12.3 Å². The van der Waals surface area contributed by atoms with Crippen LogP contribution in [0.15, 0.2) is 4.99 Å².